The van der Waals surface area contributed by atoms with E-state index >= 15 is 0 Å². The van der Waals surface area contributed by atoms with E-state index in [4.69, 9.17) is 14.6 Å². The van der Waals surface area contributed by atoms with Crippen LogP contribution in [0.2, 0.25) is 0 Å². The monoisotopic (exact) mass is 415 g/mol. The summed E-state index contributed by atoms with van der Waals surface area (Å²) in [6, 6.07) is 11.2. The largest absolute Gasteiger partial charge is 0.485 e. The molecule has 0 saturated heterocycles. The van der Waals surface area contributed by atoms with E-state index in [1.54, 1.807) is 53.5 Å². The van der Waals surface area contributed by atoms with Crippen molar-refractivity contribution in [1.82, 2.24) is 4.90 Å². The molecule has 2 rings (SSSR count). The second kappa shape index (κ2) is 11.6. The van der Waals surface area contributed by atoms with Gasteiger partial charge in [-0.3, -0.25) is 4.79 Å². The van der Waals surface area contributed by atoms with Gasteiger partial charge in [0, 0.05) is 25.1 Å². The zero-order chi connectivity index (χ0) is 21.9. The van der Waals surface area contributed by atoms with Gasteiger partial charge in [-0.1, -0.05) is 36.4 Å². The predicted octanol–water partition coefficient (Wildman–Crippen LogP) is 4.14. The maximum Gasteiger partial charge on any atom is 0.341 e. The Morgan fingerprint density at radius 3 is 2.47 bits per heavy atom. The zero-order valence-electron chi connectivity index (χ0n) is 17.1. The summed E-state index contributed by atoms with van der Waals surface area (Å²) < 4.78 is 24.8. The van der Waals surface area contributed by atoms with Crippen molar-refractivity contribution in [3.8, 4) is 11.5 Å². The maximum atomic E-state index is 13.8. The van der Waals surface area contributed by atoms with Gasteiger partial charge in [0.25, 0.3) is 0 Å². The molecule has 0 unspecified atom stereocenters. The van der Waals surface area contributed by atoms with E-state index in [1.165, 1.54) is 6.07 Å². The first kappa shape index (κ1) is 22.9. The standard InChI is InChI=1S/C23H26FNO5/c1-3-25(4-2)22(26)11-7-8-17-12-13-20(21(14-17)30-16-23(27)28)29-15-18-9-5-6-10-19(18)24/h5-10,12-14H,3-4,11,15-16H2,1-2H3,(H,27,28)/b8-7+. The first-order valence-electron chi connectivity index (χ1n) is 9.73. The third-order valence-corrected chi connectivity index (χ3v) is 4.38. The lowest BCUT2D eigenvalue weighted by Gasteiger charge is -2.17. The number of carbonyl (C=O) groups is 2. The van der Waals surface area contributed by atoms with Crippen LogP contribution in [-0.4, -0.2) is 41.6 Å². The Morgan fingerprint density at radius 2 is 1.80 bits per heavy atom. The molecular formula is C23H26FNO5. The first-order valence-corrected chi connectivity index (χ1v) is 9.73. The molecule has 0 heterocycles. The molecule has 0 aliphatic carbocycles. The van der Waals surface area contributed by atoms with Crippen LogP contribution in [0.4, 0.5) is 4.39 Å². The van der Waals surface area contributed by atoms with E-state index < -0.39 is 12.6 Å². The molecule has 160 valence electrons. The minimum absolute atomic E-state index is 0.0241. The normalized spacial score (nSPS) is 10.8. The van der Waals surface area contributed by atoms with Crippen molar-refractivity contribution in [3.05, 3.63) is 65.5 Å². The maximum absolute atomic E-state index is 13.8. The Kier molecular flexibility index (Phi) is 8.87. The van der Waals surface area contributed by atoms with E-state index in [2.05, 4.69) is 0 Å². The van der Waals surface area contributed by atoms with Gasteiger partial charge in [-0.15, -0.1) is 0 Å². The van der Waals surface area contributed by atoms with Crippen LogP contribution < -0.4 is 9.47 Å². The Bertz CT molecular complexity index is 893. The molecule has 2 aromatic rings. The van der Waals surface area contributed by atoms with Gasteiger partial charge in [-0.05, 0) is 37.6 Å². The van der Waals surface area contributed by atoms with Gasteiger partial charge in [0.2, 0.25) is 5.91 Å². The fourth-order valence-electron chi connectivity index (χ4n) is 2.77. The van der Waals surface area contributed by atoms with Crippen LogP contribution in [0.15, 0.2) is 48.5 Å². The minimum atomic E-state index is -1.12. The van der Waals surface area contributed by atoms with Crippen molar-refractivity contribution in [1.29, 1.82) is 0 Å². The van der Waals surface area contributed by atoms with E-state index in [1.807, 2.05) is 13.8 Å². The van der Waals surface area contributed by atoms with Gasteiger partial charge in [0.1, 0.15) is 12.4 Å². The Labute approximate surface area is 175 Å². The zero-order valence-corrected chi connectivity index (χ0v) is 17.1. The van der Waals surface area contributed by atoms with Crippen LogP contribution in [0.5, 0.6) is 11.5 Å². The molecule has 0 radical (unpaired) electrons. The quantitative estimate of drug-likeness (QED) is 0.597. The molecule has 7 heteroatoms. The summed E-state index contributed by atoms with van der Waals surface area (Å²) >= 11 is 0. The molecule has 0 atom stereocenters. The molecule has 0 aliphatic rings. The van der Waals surface area contributed by atoms with Crippen LogP contribution in [0.3, 0.4) is 0 Å². The van der Waals surface area contributed by atoms with Crippen LogP contribution >= 0.6 is 0 Å². The first-order chi connectivity index (χ1) is 14.4. The molecule has 0 bridgehead atoms. The summed E-state index contributed by atoms with van der Waals surface area (Å²) in [4.78, 5) is 24.7. The van der Waals surface area contributed by atoms with Gasteiger partial charge in [0.15, 0.2) is 18.1 Å². The molecule has 0 aliphatic heterocycles. The predicted molar refractivity (Wildman–Crippen MR) is 112 cm³/mol. The van der Waals surface area contributed by atoms with Crippen molar-refractivity contribution >= 4 is 18.0 Å². The molecular weight excluding hydrogens is 389 g/mol. The average molecular weight is 415 g/mol. The number of benzene rings is 2. The van der Waals surface area contributed by atoms with E-state index in [0.717, 1.165) is 5.56 Å². The number of amides is 1. The highest BCUT2D eigenvalue weighted by Gasteiger charge is 2.11. The van der Waals surface area contributed by atoms with Crippen LogP contribution in [-0.2, 0) is 16.2 Å². The van der Waals surface area contributed by atoms with Crippen LogP contribution in [0.25, 0.3) is 6.08 Å². The van der Waals surface area contributed by atoms with Crippen molar-refractivity contribution < 1.29 is 28.6 Å². The number of aliphatic carboxylic acids is 1. The van der Waals surface area contributed by atoms with Crippen molar-refractivity contribution in [2.24, 2.45) is 0 Å². The molecule has 1 amide bonds. The number of halogens is 1. The summed E-state index contributed by atoms with van der Waals surface area (Å²) in [6.07, 6.45) is 3.77. The third-order valence-electron chi connectivity index (χ3n) is 4.38. The number of hydrogen-bond acceptors (Lipinski definition) is 4. The second-order valence-corrected chi connectivity index (χ2v) is 6.44. The fraction of sp³-hybridized carbons (Fsp3) is 0.304. The van der Waals surface area contributed by atoms with Crippen molar-refractivity contribution in [3.63, 3.8) is 0 Å². The van der Waals surface area contributed by atoms with E-state index in [0.29, 0.717) is 24.4 Å². The van der Waals surface area contributed by atoms with Gasteiger partial charge < -0.3 is 19.5 Å². The highest BCUT2D eigenvalue weighted by molar-refractivity contribution is 5.78. The third kappa shape index (κ3) is 6.92. The summed E-state index contributed by atoms with van der Waals surface area (Å²) in [5, 5.41) is 8.91. The Morgan fingerprint density at radius 1 is 1.07 bits per heavy atom. The lowest BCUT2D eigenvalue weighted by Crippen LogP contribution is -2.29. The average Bonchev–Trinajstić information content (AvgIpc) is 2.73. The molecule has 0 aromatic heterocycles. The molecule has 30 heavy (non-hydrogen) atoms. The number of carbonyl (C=O) groups excluding carboxylic acids is 1. The van der Waals surface area contributed by atoms with Crippen molar-refractivity contribution in [2.75, 3.05) is 19.7 Å². The summed E-state index contributed by atoms with van der Waals surface area (Å²) in [6.45, 7) is 4.61. The Balaban J connectivity index is 2.12. The molecule has 1 N–H and O–H groups in total. The molecule has 0 fully saturated rings. The van der Waals surface area contributed by atoms with Gasteiger partial charge in [-0.25, -0.2) is 9.18 Å². The number of carboxylic acids is 1. The smallest absolute Gasteiger partial charge is 0.341 e. The number of rotatable bonds is 11. The lowest BCUT2D eigenvalue weighted by atomic mass is 10.1. The highest BCUT2D eigenvalue weighted by Crippen LogP contribution is 2.30. The van der Waals surface area contributed by atoms with Gasteiger partial charge in [0.05, 0.1) is 0 Å². The van der Waals surface area contributed by atoms with Gasteiger partial charge >= 0.3 is 5.97 Å². The lowest BCUT2D eigenvalue weighted by molar-refractivity contribution is -0.139. The van der Waals surface area contributed by atoms with Crippen LogP contribution in [0.1, 0.15) is 31.4 Å². The molecule has 0 saturated carbocycles. The van der Waals surface area contributed by atoms with Gasteiger partial charge in [-0.2, -0.15) is 0 Å². The summed E-state index contributed by atoms with van der Waals surface area (Å²) in [5.74, 6) is -0.950. The van der Waals surface area contributed by atoms with E-state index in [-0.39, 0.29) is 30.5 Å². The fourth-order valence-corrected chi connectivity index (χ4v) is 2.77. The van der Waals surface area contributed by atoms with Crippen molar-refractivity contribution in [2.45, 2.75) is 26.9 Å². The number of carboxylic acid groups (broad SMARTS) is 1. The highest BCUT2D eigenvalue weighted by atomic mass is 19.1. The second-order valence-electron chi connectivity index (χ2n) is 6.44. The minimum Gasteiger partial charge on any atom is -0.485 e. The van der Waals surface area contributed by atoms with Crippen LogP contribution in [0, 0.1) is 5.82 Å². The molecule has 0 spiro atoms. The summed E-state index contributed by atoms with van der Waals surface area (Å²) in [5.41, 5.74) is 1.10. The topological polar surface area (TPSA) is 76.1 Å². The molecule has 2 aromatic carbocycles. The number of ether oxygens (including phenoxy) is 2. The van der Waals surface area contributed by atoms with E-state index in [9.17, 15) is 14.0 Å². The molecule has 6 nitrogen and oxygen atoms in total. The number of nitrogens with zero attached hydrogens (tertiary/aromatic N) is 1. The summed E-state index contributed by atoms with van der Waals surface area (Å²) in [7, 11) is 0. The number of hydrogen-bond donors (Lipinski definition) is 1. The Hall–Kier alpha value is -3.35. The SMILES string of the molecule is CCN(CC)C(=O)C/C=C/c1ccc(OCc2ccccc2F)c(OCC(=O)O)c1.